The van der Waals surface area contributed by atoms with E-state index in [-0.39, 0.29) is 0 Å². The SMILES string of the molecule is NC(=O)c1ccc(Nc2cc(-c3ccccc3)n3ncnc3n2)cc1. The number of anilines is 2. The summed E-state index contributed by atoms with van der Waals surface area (Å²) in [7, 11) is 0. The molecule has 2 aromatic heterocycles. The van der Waals surface area contributed by atoms with Crippen LogP contribution >= 0.6 is 0 Å². The lowest BCUT2D eigenvalue weighted by molar-refractivity contribution is 0.100. The van der Waals surface area contributed by atoms with Gasteiger partial charge in [-0.1, -0.05) is 30.3 Å². The van der Waals surface area contributed by atoms with Crippen LogP contribution in [0.5, 0.6) is 0 Å². The van der Waals surface area contributed by atoms with E-state index in [1.807, 2.05) is 36.4 Å². The Labute approximate surface area is 143 Å². The lowest BCUT2D eigenvalue weighted by Gasteiger charge is -2.10. The number of primary amides is 1. The molecule has 0 bridgehead atoms. The van der Waals surface area contributed by atoms with Crippen LogP contribution in [-0.4, -0.2) is 25.5 Å². The minimum absolute atomic E-state index is 0.455. The number of aromatic nitrogens is 4. The highest BCUT2D eigenvalue weighted by atomic mass is 16.1. The molecule has 4 rings (SSSR count). The van der Waals surface area contributed by atoms with Gasteiger partial charge in [-0.05, 0) is 24.3 Å². The van der Waals surface area contributed by atoms with Crippen LogP contribution in [0.4, 0.5) is 11.5 Å². The van der Waals surface area contributed by atoms with Gasteiger partial charge in [0, 0.05) is 22.9 Å². The summed E-state index contributed by atoms with van der Waals surface area (Å²) in [4.78, 5) is 19.8. The summed E-state index contributed by atoms with van der Waals surface area (Å²) >= 11 is 0. The molecule has 4 aromatic rings. The third-order valence-corrected chi connectivity index (χ3v) is 3.76. The lowest BCUT2D eigenvalue weighted by atomic mass is 10.1. The van der Waals surface area contributed by atoms with E-state index >= 15 is 0 Å². The van der Waals surface area contributed by atoms with Crippen molar-refractivity contribution < 1.29 is 4.79 Å². The summed E-state index contributed by atoms with van der Waals surface area (Å²) in [5.74, 6) is 0.671. The maximum atomic E-state index is 11.2. The summed E-state index contributed by atoms with van der Waals surface area (Å²) in [6, 6.07) is 18.7. The molecule has 1 amide bonds. The molecule has 0 unspecified atom stereocenters. The van der Waals surface area contributed by atoms with Gasteiger partial charge in [0.2, 0.25) is 5.91 Å². The van der Waals surface area contributed by atoms with Gasteiger partial charge in [-0.2, -0.15) is 19.6 Å². The standard InChI is InChI=1S/C18H14N6O/c19-17(25)13-6-8-14(9-7-13)22-16-10-15(12-4-2-1-3-5-12)24-18(23-16)20-11-21-24/h1-11H,(H2,19,25)(H,20,21,22,23). The van der Waals surface area contributed by atoms with E-state index in [9.17, 15) is 4.79 Å². The molecule has 0 saturated heterocycles. The number of nitrogens with one attached hydrogen (secondary N) is 1. The van der Waals surface area contributed by atoms with Crippen LogP contribution in [0.1, 0.15) is 10.4 Å². The van der Waals surface area contributed by atoms with E-state index in [1.54, 1.807) is 28.8 Å². The van der Waals surface area contributed by atoms with E-state index < -0.39 is 5.91 Å². The van der Waals surface area contributed by atoms with Crippen LogP contribution < -0.4 is 11.1 Å². The second-order valence-electron chi connectivity index (χ2n) is 5.43. The Balaban J connectivity index is 1.74. The highest BCUT2D eigenvalue weighted by Crippen LogP contribution is 2.24. The number of rotatable bonds is 4. The van der Waals surface area contributed by atoms with Crippen molar-refractivity contribution in [1.29, 1.82) is 0 Å². The summed E-state index contributed by atoms with van der Waals surface area (Å²) in [5.41, 5.74) is 8.39. The zero-order valence-corrected chi connectivity index (χ0v) is 13.1. The number of benzene rings is 2. The van der Waals surface area contributed by atoms with Gasteiger partial charge in [-0.3, -0.25) is 4.79 Å². The molecule has 0 aliphatic heterocycles. The topological polar surface area (TPSA) is 98.2 Å². The fourth-order valence-electron chi connectivity index (χ4n) is 2.56. The monoisotopic (exact) mass is 330 g/mol. The van der Waals surface area contributed by atoms with Crippen molar-refractivity contribution in [2.24, 2.45) is 5.73 Å². The first-order chi connectivity index (χ1) is 12.2. The zero-order chi connectivity index (χ0) is 17.2. The number of carbonyl (C=O) groups is 1. The first kappa shape index (κ1) is 14.8. The molecule has 25 heavy (non-hydrogen) atoms. The Morgan fingerprint density at radius 3 is 2.52 bits per heavy atom. The van der Waals surface area contributed by atoms with Crippen molar-refractivity contribution in [2.75, 3.05) is 5.32 Å². The molecule has 0 fully saturated rings. The number of fused-ring (bicyclic) bond motifs is 1. The number of hydrogen-bond acceptors (Lipinski definition) is 5. The molecule has 0 radical (unpaired) electrons. The van der Waals surface area contributed by atoms with Crippen LogP contribution in [0.25, 0.3) is 17.0 Å². The molecule has 0 atom stereocenters. The maximum absolute atomic E-state index is 11.2. The number of carbonyl (C=O) groups excluding carboxylic acids is 1. The van der Waals surface area contributed by atoms with Gasteiger partial charge in [-0.15, -0.1) is 0 Å². The minimum atomic E-state index is -0.457. The number of nitrogens with two attached hydrogens (primary N) is 1. The average molecular weight is 330 g/mol. The maximum Gasteiger partial charge on any atom is 0.254 e. The van der Waals surface area contributed by atoms with Crippen molar-refractivity contribution in [1.82, 2.24) is 19.6 Å². The van der Waals surface area contributed by atoms with E-state index in [0.29, 0.717) is 17.2 Å². The molecular formula is C18H14N6O. The van der Waals surface area contributed by atoms with E-state index in [2.05, 4.69) is 20.4 Å². The van der Waals surface area contributed by atoms with Gasteiger partial charge in [0.25, 0.3) is 5.78 Å². The summed E-state index contributed by atoms with van der Waals surface area (Å²) in [6.45, 7) is 0. The molecule has 7 nitrogen and oxygen atoms in total. The smallest absolute Gasteiger partial charge is 0.254 e. The summed E-state index contributed by atoms with van der Waals surface area (Å²) < 4.78 is 1.69. The molecule has 0 aliphatic carbocycles. The van der Waals surface area contributed by atoms with E-state index in [4.69, 9.17) is 5.73 Å². The predicted octanol–water partition coefficient (Wildman–Crippen LogP) is 2.63. The highest BCUT2D eigenvalue weighted by Gasteiger charge is 2.10. The normalized spacial score (nSPS) is 10.7. The molecule has 122 valence electrons. The second kappa shape index (κ2) is 6.04. The Hall–Kier alpha value is -3.74. The molecule has 3 N–H and O–H groups in total. The number of nitrogens with zero attached hydrogens (tertiary/aromatic N) is 4. The number of hydrogen-bond donors (Lipinski definition) is 2. The lowest BCUT2D eigenvalue weighted by Crippen LogP contribution is -2.10. The van der Waals surface area contributed by atoms with Crippen molar-refractivity contribution in [3.8, 4) is 11.3 Å². The molecule has 0 spiro atoms. The highest BCUT2D eigenvalue weighted by molar-refractivity contribution is 5.93. The van der Waals surface area contributed by atoms with Gasteiger partial charge >= 0.3 is 0 Å². The van der Waals surface area contributed by atoms with E-state index in [0.717, 1.165) is 16.9 Å². The van der Waals surface area contributed by atoms with Crippen molar-refractivity contribution in [3.63, 3.8) is 0 Å². The zero-order valence-electron chi connectivity index (χ0n) is 13.1. The van der Waals surface area contributed by atoms with E-state index in [1.165, 1.54) is 6.33 Å². The largest absolute Gasteiger partial charge is 0.366 e. The first-order valence-electron chi connectivity index (χ1n) is 7.64. The third-order valence-electron chi connectivity index (χ3n) is 3.76. The molecule has 2 aromatic carbocycles. The van der Waals surface area contributed by atoms with Gasteiger partial charge in [0.05, 0.1) is 5.69 Å². The predicted molar refractivity (Wildman–Crippen MR) is 94.5 cm³/mol. The second-order valence-corrected chi connectivity index (χ2v) is 5.43. The first-order valence-corrected chi connectivity index (χ1v) is 7.64. The molecule has 0 aliphatic rings. The van der Waals surface area contributed by atoms with Crippen LogP contribution in [0.2, 0.25) is 0 Å². The van der Waals surface area contributed by atoms with Gasteiger partial charge < -0.3 is 11.1 Å². The Bertz CT molecular complexity index is 1040. The van der Waals surface area contributed by atoms with Crippen LogP contribution in [0.3, 0.4) is 0 Å². The van der Waals surface area contributed by atoms with Crippen molar-refractivity contribution in [2.45, 2.75) is 0 Å². The Morgan fingerprint density at radius 1 is 1.04 bits per heavy atom. The summed E-state index contributed by atoms with van der Waals surface area (Å²) in [5, 5.41) is 7.46. The Morgan fingerprint density at radius 2 is 1.80 bits per heavy atom. The van der Waals surface area contributed by atoms with Crippen LogP contribution in [0.15, 0.2) is 67.0 Å². The van der Waals surface area contributed by atoms with Crippen molar-refractivity contribution in [3.05, 3.63) is 72.6 Å². The average Bonchev–Trinajstić information content (AvgIpc) is 3.11. The molecular weight excluding hydrogens is 316 g/mol. The van der Waals surface area contributed by atoms with Gasteiger partial charge in [0.1, 0.15) is 12.1 Å². The van der Waals surface area contributed by atoms with Crippen LogP contribution in [0, 0.1) is 0 Å². The van der Waals surface area contributed by atoms with Gasteiger partial charge in [-0.25, -0.2) is 0 Å². The minimum Gasteiger partial charge on any atom is -0.366 e. The van der Waals surface area contributed by atoms with Crippen molar-refractivity contribution >= 4 is 23.2 Å². The molecule has 0 saturated carbocycles. The summed E-state index contributed by atoms with van der Waals surface area (Å²) in [6.07, 6.45) is 1.47. The Kier molecular flexibility index (Phi) is 3.59. The van der Waals surface area contributed by atoms with Crippen LogP contribution in [-0.2, 0) is 0 Å². The fraction of sp³-hybridized carbons (Fsp3) is 0. The van der Waals surface area contributed by atoms with Gasteiger partial charge in [0.15, 0.2) is 0 Å². The third kappa shape index (κ3) is 2.90. The quantitative estimate of drug-likeness (QED) is 0.599. The molecule has 2 heterocycles. The fourth-order valence-corrected chi connectivity index (χ4v) is 2.56. The number of amides is 1. The molecule has 7 heteroatoms.